The van der Waals surface area contributed by atoms with Crippen molar-refractivity contribution in [3.05, 3.63) is 234 Å². The van der Waals surface area contributed by atoms with Crippen molar-refractivity contribution in [1.82, 2.24) is 98.9 Å². The number of carbonyl (C=O) groups is 1. The van der Waals surface area contributed by atoms with Gasteiger partial charge in [0, 0.05) is 111 Å². The first-order valence-corrected chi connectivity index (χ1v) is 41.1. The normalized spacial score (nSPS) is 18.0. The highest BCUT2D eigenvalue weighted by molar-refractivity contribution is 6.31. The molecule has 3 N–H and O–H groups in total. The maximum Gasteiger partial charge on any atom is 0.439 e. The molecule has 0 aliphatic heterocycles. The molecule has 33 heteroatoms. The van der Waals surface area contributed by atoms with E-state index in [0.717, 1.165) is 121 Å². The quantitative estimate of drug-likeness (QED) is 0.0531. The summed E-state index contributed by atoms with van der Waals surface area (Å²) in [6, 6.07) is 26.2. The SMILES string of the molecule is CC1CCC(Cn2c(C(=O)c3ccccc3F)nc3cc(-c4noc(=O)[nH]4)nc(-c4cncc(Cl)c4)c32)CC1.CCOC(c1ccccn1)c1nc2cc(-c3noc(=O)[nH]3)nc(-c3cncc(Cl)c3)c2n1CC1CCC(C)CC1.CCOC(c1cccnc1)c1nc2cc(-c3noc(=O)[nH]3)nc(-c3cncc(Cl)c3)c2n1CC1CCC(C)CC1. The number of pyridine rings is 8. The molecular weight excluding hydrogens is 1580 g/mol. The van der Waals surface area contributed by atoms with Gasteiger partial charge in [0.05, 0.1) is 76.5 Å². The van der Waals surface area contributed by atoms with Crippen molar-refractivity contribution >= 4 is 73.7 Å². The van der Waals surface area contributed by atoms with Gasteiger partial charge in [0.1, 0.15) is 40.7 Å². The van der Waals surface area contributed by atoms with E-state index >= 15 is 0 Å². The molecule has 3 fully saturated rings. The van der Waals surface area contributed by atoms with Crippen molar-refractivity contribution in [1.29, 1.82) is 0 Å². The standard InChI is InChI=1S/2C29H30ClN7O3.C28H24ClFN6O3/c1-3-39-26(19-5-4-10-31-13-19)28-34-22-12-23(27-35-29(38)40-36-27)33-24(20-11-21(30)15-32-14-20)25(22)37(28)16-18-8-6-17(2)7-9-18;1-3-39-26(21-6-4-5-11-32-21)28-34-22-13-23(27-35-29(38)40-36-27)33-24(19-12-20(30)15-31-14-19)25(22)37(28)16-18-9-7-17(2)8-10-18;1-15-6-8-16(9-7-15)14-36-24-21(33-27(36)25(37)19-4-2-3-5-20(19)30)11-22(26-34-28(38)39-35-26)32-23(24)17-10-18(29)13-31-12-17/h4-5,10-15,17-18,26H,3,6-9,16H2,1-2H3,(H,35,36,38);4-6,11-15,17-18,26H,3,7-10,16H2,1-2H3,(H,35,36,38);2-5,10-13,15-16H,6-9,14H2,1H3,(H,34,35,38). The molecule has 2 unspecified atom stereocenters. The van der Waals surface area contributed by atoms with E-state index < -0.39 is 41.1 Å². The number of aromatic amines is 3. The molecule has 14 heterocycles. The minimum Gasteiger partial charge on any atom is -0.366 e. The van der Waals surface area contributed by atoms with Crippen molar-refractivity contribution < 1.29 is 32.2 Å². The number of hydrogen-bond donors (Lipinski definition) is 3. The van der Waals surface area contributed by atoms with Gasteiger partial charge in [0.25, 0.3) is 0 Å². The van der Waals surface area contributed by atoms with E-state index in [4.69, 9.17) is 83.2 Å². The van der Waals surface area contributed by atoms with Crippen LogP contribution in [0, 0.1) is 41.3 Å². The molecule has 2 atom stereocenters. The van der Waals surface area contributed by atoms with Gasteiger partial charge < -0.3 is 23.2 Å². The number of fused-ring (bicyclic) bond motifs is 3. The third-order valence-corrected chi connectivity index (χ3v) is 23.0. The lowest BCUT2D eigenvalue weighted by Gasteiger charge is -2.28. The van der Waals surface area contributed by atoms with Gasteiger partial charge in [0.2, 0.25) is 23.3 Å². The van der Waals surface area contributed by atoms with Gasteiger partial charge in [-0.05, 0) is 155 Å². The number of H-pyrrole nitrogens is 3. The van der Waals surface area contributed by atoms with E-state index in [0.29, 0.717) is 115 Å². The molecule has 14 aromatic heterocycles. The number of benzene rings is 1. The van der Waals surface area contributed by atoms with Crippen LogP contribution >= 0.6 is 34.8 Å². The molecule has 3 saturated carbocycles. The first-order chi connectivity index (χ1) is 57.9. The monoisotopic (exact) mass is 1660 g/mol. The molecule has 3 aliphatic carbocycles. The highest BCUT2D eigenvalue weighted by Crippen LogP contribution is 2.43. The maximum absolute atomic E-state index is 14.7. The summed E-state index contributed by atoms with van der Waals surface area (Å²) >= 11 is 19.0. The first kappa shape index (κ1) is 80.8. The van der Waals surface area contributed by atoms with Crippen molar-refractivity contribution in [2.45, 2.75) is 144 Å². The third kappa shape index (κ3) is 18.1. The molecule has 0 amide bonds. The smallest absolute Gasteiger partial charge is 0.366 e. The third-order valence-electron chi connectivity index (χ3n) is 22.3. The molecule has 3 aliphatic rings. The van der Waals surface area contributed by atoms with Crippen LogP contribution < -0.4 is 17.3 Å². The fourth-order valence-corrected chi connectivity index (χ4v) is 16.8. The molecule has 29 nitrogen and oxygen atoms in total. The summed E-state index contributed by atoms with van der Waals surface area (Å²) in [5.41, 5.74) is 10.6. The second-order valence-corrected chi connectivity index (χ2v) is 32.1. The van der Waals surface area contributed by atoms with E-state index in [-0.39, 0.29) is 34.6 Å². The lowest BCUT2D eigenvalue weighted by Crippen LogP contribution is -2.21. The number of halogens is 4. The Morgan fingerprint density at radius 2 is 0.882 bits per heavy atom. The zero-order chi connectivity index (χ0) is 82.4. The number of nitrogens with one attached hydrogen (secondary N) is 3. The van der Waals surface area contributed by atoms with E-state index in [2.05, 4.69) is 89.8 Å². The lowest BCUT2D eigenvalue weighted by atomic mass is 9.83. The van der Waals surface area contributed by atoms with Crippen molar-refractivity contribution in [3.63, 3.8) is 0 Å². The average molecular weight is 1670 g/mol. The number of aromatic nitrogens is 20. The van der Waals surface area contributed by atoms with E-state index in [1.54, 1.807) is 61.6 Å². The van der Waals surface area contributed by atoms with Crippen molar-refractivity contribution in [2.24, 2.45) is 35.5 Å². The predicted octanol–water partition coefficient (Wildman–Crippen LogP) is 17.4. The van der Waals surface area contributed by atoms with Gasteiger partial charge in [-0.25, -0.2) is 48.7 Å². The van der Waals surface area contributed by atoms with Gasteiger partial charge in [-0.1, -0.05) is 134 Å². The fraction of sp³-hybridized carbons (Fsp3) is 0.349. The highest BCUT2D eigenvalue weighted by Gasteiger charge is 2.34. The number of nitrogens with zero attached hydrogens (tertiary/aromatic N) is 17. The van der Waals surface area contributed by atoms with Crippen molar-refractivity contribution in [2.75, 3.05) is 13.2 Å². The second kappa shape index (κ2) is 36.1. The number of imidazole rings is 3. The summed E-state index contributed by atoms with van der Waals surface area (Å²) in [4.78, 5) is 108. The highest BCUT2D eigenvalue weighted by atomic mass is 35.5. The molecule has 18 rings (SSSR count). The van der Waals surface area contributed by atoms with Gasteiger partial charge in [0.15, 0.2) is 11.9 Å². The lowest BCUT2D eigenvalue weighted by molar-refractivity contribution is 0.0787. The van der Waals surface area contributed by atoms with Gasteiger partial charge >= 0.3 is 17.3 Å². The maximum atomic E-state index is 14.7. The summed E-state index contributed by atoms with van der Waals surface area (Å²) in [5, 5.41) is 12.9. The molecule has 1 aromatic carbocycles. The Morgan fingerprint density at radius 3 is 1.28 bits per heavy atom. The molecule has 0 bridgehead atoms. The number of rotatable bonds is 22. The average Bonchev–Trinajstić information content (AvgIpc) is 1.61. The minimum absolute atomic E-state index is 0.0636. The molecule has 610 valence electrons. The Hall–Kier alpha value is -12.0. The number of ether oxygens (including phenoxy) is 2. The summed E-state index contributed by atoms with van der Waals surface area (Å²) in [5.74, 6) is 2.38. The first-order valence-electron chi connectivity index (χ1n) is 40.0. The Kier molecular flexibility index (Phi) is 24.5. The number of carbonyl (C=O) groups excluding carboxylic acids is 1. The van der Waals surface area contributed by atoms with Gasteiger partial charge in [-0.15, -0.1) is 0 Å². The summed E-state index contributed by atoms with van der Waals surface area (Å²) in [6.07, 6.45) is 27.7. The summed E-state index contributed by atoms with van der Waals surface area (Å²) in [6.45, 7) is 13.9. The van der Waals surface area contributed by atoms with Gasteiger partial charge in [-0.3, -0.25) is 58.2 Å². The van der Waals surface area contributed by atoms with Crippen LogP contribution in [0.3, 0.4) is 0 Å². The van der Waals surface area contributed by atoms with Crippen molar-refractivity contribution in [3.8, 4) is 68.3 Å². The van der Waals surface area contributed by atoms with Crippen LogP contribution in [-0.4, -0.2) is 118 Å². The zero-order valence-corrected chi connectivity index (χ0v) is 68.1. The van der Waals surface area contributed by atoms with Gasteiger partial charge in [-0.2, -0.15) is 0 Å². The van der Waals surface area contributed by atoms with Crippen LogP contribution in [0.1, 0.15) is 163 Å². The van der Waals surface area contributed by atoms with E-state index in [1.807, 2.05) is 79.2 Å². The Labute approximate surface area is 695 Å². The largest absolute Gasteiger partial charge is 0.439 e. The molecular formula is C86H84Cl3FN20O9. The molecule has 15 aromatic rings. The summed E-state index contributed by atoms with van der Waals surface area (Å²) in [7, 11) is 0. The predicted molar refractivity (Wildman–Crippen MR) is 444 cm³/mol. The van der Waals surface area contributed by atoms with Crippen LogP contribution in [0.25, 0.3) is 101 Å². The van der Waals surface area contributed by atoms with Crippen LogP contribution in [0.4, 0.5) is 4.39 Å². The number of ketones is 1. The van der Waals surface area contributed by atoms with Crippen LogP contribution in [0.5, 0.6) is 0 Å². The molecule has 0 radical (unpaired) electrons. The molecule has 0 saturated heterocycles. The minimum atomic E-state index is -0.731. The molecule has 0 spiro atoms. The van der Waals surface area contributed by atoms with Crippen LogP contribution in [-0.2, 0) is 29.1 Å². The topological polar surface area (TPSA) is 369 Å². The Balaban J connectivity index is 0.000000133. The van der Waals surface area contributed by atoms with Crippen LogP contribution in [0.2, 0.25) is 15.1 Å². The Bertz CT molecular complexity index is 6050. The number of hydrogen-bond acceptors (Lipinski definition) is 23. The summed E-state index contributed by atoms with van der Waals surface area (Å²) < 4.78 is 47.9. The fourth-order valence-electron chi connectivity index (χ4n) is 16.3. The molecule has 119 heavy (non-hydrogen) atoms. The Morgan fingerprint density at radius 1 is 0.471 bits per heavy atom. The van der Waals surface area contributed by atoms with Crippen LogP contribution in [0.15, 0.2) is 175 Å². The zero-order valence-electron chi connectivity index (χ0n) is 65.8. The van der Waals surface area contributed by atoms with E-state index in [9.17, 15) is 23.6 Å². The second-order valence-electron chi connectivity index (χ2n) is 30.8. The van der Waals surface area contributed by atoms with E-state index in [1.165, 1.54) is 50.1 Å².